The summed E-state index contributed by atoms with van der Waals surface area (Å²) in [4.78, 5) is 0.916. The van der Waals surface area contributed by atoms with Gasteiger partial charge in [0.1, 0.15) is 0 Å². The van der Waals surface area contributed by atoms with Crippen LogP contribution in [0.1, 0.15) is 6.92 Å². The van der Waals surface area contributed by atoms with Gasteiger partial charge in [0.15, 0.2) is 0 Å². The highest BCUT2D eigenvalue weighted by atomic mass is 32.1. The Labute approximate surface area is 109 Å². The van der Waals surface area contributed by atoms with Gasteiger partial charge in [0.25, 0.3) is 0 Å². The molecule has 0 spiro atoms. The maximum atomic E-state index is 4.22. The fourth-order valence-corrected chi connectivity index (χ4v) is 3.11. The van der Waals surface area contributed by atoms with Crippen molar-refractivity contribution in [3.05, 3.63) is 41.2 Å². The summed E-state index contributed by atoms with van der Waals surface area (Å²) in [6.07, 6.45) is 1.70. The van der Waals surface area contributed by atoms with E-state index in [0.29, 0.717) is 0 Å². The molecule has 3 nitrogen and oxygen atoms in total. The number of fused-ring (bicyclic) bond motifs is 3. The van der Waals surface area contributed by atoms with Crippen molar-refractivity contribution in [3.63, 3.8) is 0 Å². The summed E-state index contributed by atoms with van der Waals surface area (Å²) in [6.45, 7) is 1.87. The van der Waals surface area contributed by atoms with E-state index >= 15 is 0 Å². The van der Waals surface area contributed by atoms with Crippen LogP contribution in [0.3, 0.4) is 0 Å². The molecule has 18 heavy (non-hydrogen) atoms. The topological polar surface area (TPSA) is 29.6 Å². The normalized spacial score (nSPS) is 13.1. The number of benzene rings is 2. The molecule has 90 valence electrons. The zero-order chi connectivity index (χ0) is 12.5. The molecule has 0 unspecified atom stereocenters. The Hall–Kier alpha value is -1.94. The molecule has 0 N–H and O–H groups in total. The van der Waals surface area contributed by atoms with Crippen molar-refractivity contribution in [1.29, 1.82) is 0 Å². The van der Waals surface area contributed by atoms with Crippen LogP contribution >= 0.6 is 11.3 Å². The molecule has 3 rings (SSSR count). The molecular formula is C14H13N3S. The number of rotatable bonds is 1. The minimum absolute atomic E-state index is 0.916. The van der Waals surface area contributed by atoms with Crippen molar-refractivity contribution in [2.45, 2.75) is 6.92 Å². The van der Waals surface area contributed by atoms with Crippen molar-refractivity contribution in [2.24, 2.45) is 17.3 Å². The summed E-state index contributed by atoms with van der Waals surface area (Å²) in [7, 11) is 2.04. The Bertz CT molecular complexity index is 809. The molecule has 0 atom stereocenters. The van der Waals surface area contributed by atoms with Gasteiger partial charge >= 0.3 is 0 Å². The van der Waals surface area contributed by atoms with Gasteiger partial charge in [-0.25, -0.2) is 0 Å². The SMILES string of the molecule is C/C=N\N=c1/sc2ccc3ccccc3c2n1C. The van der Waals surface area contributed by atoms with E-state index in [1.54, 1.807) is 17.6 Å². The highest BCUT2D eigenvalue weighted by Gasteiger charge is 2.06. The maximum Gasteiger partial charge on any atom is 0.211 e. The number of hydrogen-bond donors (Lipinski definition) is 0. The van der Waals surface area contributed by atoms with E-state index in [4.69, 9.17) is 0 Å². The molecule has 0 saturated heterocycles. The van der Waals surface area contributed by atoms with E-state index in [9.17, 15) is 0 Å². The fraction of sp³-hybridized carbons (Fsp3) is 0.143. The number of nitrogens with zero attached hydrogens (tertiary/aromatic N) is 3. The second-order valence-corrected chi connectivity index (χ2v) is 5.06. The van der Waals surface area contributed by atoms with Gasteiger partial charge in [-0.3, -0.25) is 0 Å². The molecule has 0 aliphatic carbocycles. The maximum absolute atomic E-state index is 4.22. The van der Waals surface area contributed by atoms with Crippen LogP contribution in [-0.4, -0.2) is 10.8 Å². The van der Waals surface area contributed by atoms with Gasteiger partial charge in [0.2, 0.25) is 4.80 Å². The molecule has 0 aliphatic heterocycles. The van der Waals surface area contributed by atoms with Gasteiger partial charge < -0.3 is 4.57 Å². The van der Waals surface area contributed by atoms with E-state index in [0.717, 1.165) is 4.80 Å². The third-order valence-electron chi connectivity index (χ3n) is 2.95. The molecule has 3 aromatic rings. The van der Waals surface area contributed by atoms with Gasteiger partial charge in [-0.15, -0.1) is 5.10 Å². The Balaban J connectivity index is 2.48. The lowest BCUT2D eigenvalue weighted by molar-refractivity contribution is 0.892. The van der Waals surface area contributed by atoms with Crippen molar-refractivity contribution in [2.75, 3.05) is 0 Å². The van der Waals surface area contributed by atoms with Crippen molar-refractivity contribution >= 4 is 38.5 Å². The molecule has 0 fully saturated rings. The highest BCUT2D eigenvalue weighted by molar-refractivity contribution is 7.16. The summed E-state index contributed by atoms with van der Waals surface area (Å²) in [5, 5.41) is 10.7. The van der Waals surface area contributed by atoms with Crippen LogP contribution in [0.25, 0.3) is 21.0 Å². The zero-order valence-electron chi connectivity index (χ0n) is 10.3. The summed E-state index contributed by atoms with van der Waals surface area (Å²) < 4.78 is 3.34. The van der Waals surface area contributed by atoms with Crippen LogP contribution < -0.4 is 4.80 Å². The van der Waals surface area contributed by atoms with Gasteiger partial charge in [0, 0.05) is 18.6 Å². The van der Waals surface area contributed by atoms with Crippen molar-refractivity contribution in [1.82, 2.24) is 4.57 Å². The fourth-order valence-electron chi connectivity index (χ4n) is 2.12. The van der Waals surface area contributed by atoms with E-state index in [1.807, 2.05) is 14.0 Å². The van der Waals surface area contributed by atoms with E-state index in [2.05, 4.69) is 51.2 Å². The van der Waals surface area contributed by atoms with E-state index in [-0.39, 0.29) is 0 Å². The molecule has 1 heterocycles. The van der Waals surface area contributed by atoms with E-state index < -0.39 is 0 Å². The Kier molecular flexibility index (Phi) is 2.72. The average Bonchev–Trinajstić information content (AvgIpc) is 2.73. The second-order valence-electron chi connectivity index (χ2n) is 4.05. The number of thiazole rings is 1. The average molecular weight is 255 g/mol. The first-order chi connectivity index (χ1) is 8.81. The smallest absolute Gasteiger partial charge is 0.211 e. The summed E-state index contributed by atoms with van der Waals surface area (Å²) >= 11 is 1.66. The summed E-state index contributed by atoms with van der Waals surface area (Å²) in [5.74, 6) is 0. The number of aromatic nitrogens is 1. The quantitative estimate of drug-likeness (QED) is 0.472. The van der Waals surface area contributed by atoms with Crippen molar-refractivity contribution in [3.8, 4) is 0 Å². The molecule has 4 heteroatoms. The zero-order valence-corrected chi connectivity index (χ0v) is 11.1. The number of hydrogen-bond acceptors (Lipinski definition) is 3. The molecule has 0 amide bonds. The summed E-state index contributed by atoms with van der Waals surface area (Å²) in [5.41, 5.74) is 1.23. The standard InChI is InChI=1S/C14H13N3S/c1-3-15-16-14-17(2)13-11-7-5-4-6-10(11)8-9-12(13)18-14/h3-9H,1-2H3/b15-3-,16-14-. The van der Waals surface area contributed by atoms with Crippen LogP contribution in [0.4, 0.5) is 0 Å². The van der Waals surface area contributed by atoms with Gasteiger partial charge in [-0.05, 0) is 18.4 Å². The molecule has 0 aliphatic rings. The lowest BCUT2D eigenvalue weighted by atomic mass is 10.1. The van der Waals surface area contributed by atoms with Crippen LogP contribution in [0.2, 0.25) is 0 Å². The predicted molar refractivity (Wildman–Crippen MR) is 78.0 cm³/mol. The molecule has 0 saturated carbocycles. The third-order valence-corrected chi connectivity index (χ3v) is 4.03. The number of aryl methyl sites for hydroxylation is 1. The highest BCUT2D eigenvalue weighted by Crippen LogP contribution is 2.26. The molecular weight excluding hydrogens is 242 g/mol. The van der Waals surface area contributed by atoms with Gasteiger partial charge in [-0.2, -0.15) is 5.10 Å². The van der Waals surface area contributed by atoms with Crippen LogP contribution in [-0.2, 0) is 7.05 Å². The lowest BCUT2D eigenvalue weighted by Gasteiger charge is -2.01. The van der Waals surface area contributed by atoms with Crippen LogP contribution in [0, 0.1) is 0 Å². The third kappa shape index (κ3) is 1.66. The predicted octanol–water partition coefficient (Wildman–Crippen LogP) is 3.30. The van der Waals surface area contributed by atoms with Crippen molar-refractivity contribution < 1.29 is 0 Å². The molecule has 0 radical (unpaired) electrons. The minimum Gasteiger partial charge on any atom is -0.318 e. The van der Waals surface area contributed by atoms with Gasteiger partial charge in [0.05, 0.1) is 10.2 Å². The Morgan fingerprint density at radius 2 is 2.00 bits per heavy atom. The first kappa shape index (κ1) is 11.2. The first-order valence-corrected chi connectivity index (χ1v) is 6.62. The van der Waals surface area contributed by atoms with E-state index in [1.165, 1.54) is 21.0 Å². The second kappa shape index (κ2) is 4.38. The minimum atomic E-state index is 0.916. The first-order valence-electron chi connectivity index (χ1n) is 5.80. The Morgan fingerprint density at radius 1 is 1.17 bits per heavy atom. The van der Waals surface area contributed by atoms with Gasteiger partial charge in [-0.1, -0.05) is 41.7 Å². The van der Waals surface area contributed by atoms with Crippen LogP contribution in [0.5, 0.6) is 0 Å². The molecule has 1 aromatic heterocycles. The molecule has 2 aromatic carbocycles. The summed E-state index contributed by atoms with van der Waals surface area (Å²) in [6, 6.07) is 12.7. The Morgan fingerprint density at radius 3 is 2.83 bits per heavy atom. The lowest BCUT2D eigenvalue weighted by Crippen LogP contribution is -2.09. The van der Waals surface area contributed by atoms with Crippen LogP contribution in [0.15, 0.2) is 46.6 Å². The molecule has 0 bridgehead atoms. The largest absolute Gasteiger partial charge is 0.318 e. The monoisotopic (exact) mass is 255 g/mol.